The molecule has 0 unspecified atom stereocenters. The Hall–Kier alpha value is -3.46. The Morgan fingerprint density at radius 3 is 1.51 bits per heavy atom. The third-order valence-electron chi connectivity index (χ3n) is 6.37. The number of hydrogen-bond donors (Lipinski definition) is 0. The van der Waals surface area contributed by atoms with Gasteiger partial charge in [0.05, 0.1) is 0 Å². The second kappa shape index (κ2) is 10.6. The van der Waals surface area contributed by atoms with Gasteiger partial charge in [-0.15, -0.1) is 0 Å². The molecule has 5 aromatic rings. The molecule has 4 aromatic carbocycles. The van der Waals surface area contributed by atoms with Crippen LogP contribution in [0.5, 0.6) is 0 Å². The molecule has 0 saturated heterocycles. The number of hydrogen-bond acceptors (Lipinski definition) is 8. The van der Waals surface area contributed by atoms with Gasteiger partial charge in [0.25, 0.3) is 0 Å². The number of nitrogens with zero attached hydrogens (tertiary/aromatic N) is 1. The third-order valence-corrected chi connectivity index (χ3v) is 15.2. The topological polar surface area (TPSA) is 118 Å². The molecule has 0 aliphatic rings. The van der Waals surface area contributed by atoms with Crippen molar-refractivity contribution in [2.24, 2.45) is 0 Å². The molecule has 0 aliphatic carbocycles. The van der Waals surface area contributed by atoms with Gasteiger partial charge in [-0.2, -0.15) is 0 Å². The fourth-order valence-corrected chi connectivity index (χ4v) is 14.7. The van der Waals surface area contributed by atoms with Crippen molar-refractivity contribution in [3.63, 3.8) is 0 Å². The average molecular weight is 580 g/mol. The fraction of sp³-hybridized carbons (Fsp3) is 0.0345. The third kappa shape index (κ3) is 4.56. The van der Waals surface area contributed by atoms with Crippen LogP contribution in [0.1, 0.15) is 10.5 Å². The van der Waals surface area contributed by atoms with Crippen LogP contribution in [0.4, 0.5) is 0 Å². The number of rotatable bonds is 8. The summed E-state index contributed by atoms with van der Waals surface area (Å²) in [5, 5.41) is 1.65. The van der Waals surface area contributed by atoms with Crippen molar-refractivity contribution in [3.05, 3.63) is 127 Å². The molecule has 0 aliphatic heterocycles. The number of methoxy groups -OCH3 is 1. The van der Waals surface area contributed by atoms with Crippen molar-refractivity contribution >= 4 is 44.7 Å². The summed E-state index contributed by atoms with van der Waals surface area (Å²) in [6, 6.07) is 35.2. The minimum atomic E-state index is -5.05. The summed E-state index contributed by atoms with van der Waals surface area (Å²) in [5.41, 5.74) is 0.571. The van der Waals surface area contributed by atoms with Gasteiger partial charge in [0.1, 0.15) is 0 Å². The van der Waals surface area contributed by atoms with Crippen LogP contribution in [-0.4, -0.2) is 18.1 Å². The van der Waals surface area contributed by atoms with E-state index in [1.807, 2.05) is 30.3 Å². The van der Waals surface area contributed by atoms with E-state index in [2.05, 4.69) is 4.98 Å². The maximum atomic E-state index is 13.4. The Morgan fingerprint density at radius 1 is 0.718 bits per heavy atom. The van der Waals surface area contributed by atoms with E-state index < -0.39 is 23.0 Å². The number of ether oxygens (including phenoxy) is 1. The molecule has 1 aromatic heterocycles. The van der Waals surface area contributed by atoms with E-state index in [0.29, 0.717) is 26.5 Å². The Balaban J connectivity index is 2.08. The maximum absolute atomic E-state index is 13.4. The minimum absolute atomic E-state index is 0.130. The summed E-state index contributed by atoms with van der Waals surface area (Å²) in [7, 11) is -3.83. The van der Waals surface area contributed by atoms with E-state index in [1.165, 1.54) is 7.11 Å². The number of thiazole rings is 1. The Bertz CT molecular complexity index is 1480. The molecule has 0 bridgehead atoms. The molecule has 39 heavy (non-hydrogen) atoms. The van der Waals surface area contributed by atoms with Gasteiger partial charge >= 0.3 is 232 Å². The van der Waals surface area contributed by atoms with Gasteiger partial charge in [0.15, 0.2) is 0 Å². The molecule has 0 N–H and O–H groups in total. The molecule has 0 saturated carbocycles. The van der Waals surface area contributed by atoms with Crippen molar-refractivity contribution in [1.82, 2.24) is 4.98 Å². The standard InChI is InChI=1S/C29H23ClNO6PS/c1-36-28(32)26-29(39-27(31-26)22-14-6-2-7-15-22)38(37-30(33,34)35,23-16-8-3-9-17-23,24-18-10-4-11-19-24)25-20-12-5-13-21-25/h2-21H,1H3. The van der Waals surface area contributed by atoms with E-state index in [4.69, 9.17) is 8.81 Å². The van der Waals surface area contributed by atoms with E-state index in [1.54, 1.807) is 91.0 Å². The first-order chi connectivity index (χ1) is 18.8. The molecule has 5 rings (SSSR count). The number of carbonyl (C=O) groups excluding carboxylic acids is 1. The second-order valence-corrected chi connectivity index (χ2v) is 15.2. The molecule has 0 radical (unpaired) electrons. The van der Waals surface area contributed by atoms with E-state index in [-0.39, 0.29) is 10.3 Å². The van der Waals surface area contributed by atoms with E-state index in [9.17, 15) is 18.8 Å². The Morgan fingerprint density at radius 2 is 1.13 bits per heavy atom. The Labute approximate surface area is 231 Å². The van der Waals surface area contributed by atoms with Crippen LogP contribution < -0.4 is 34.5 Å². The van der Waals surface area contributed by atoms with Crippen molar-refractivity contribution in [2.45, 2.75) is 0 Å². The van der Waals surface area contributed by atoms with Crippen LogP contribution in [-0.2, 0) is 8.81 Å². The van der Waals surface area contributed by atoms with Crippen LogP contribution in [0.3, 0.4) is 0 Å². The van der Waals surface area contributed by atoms with Crippen LogP contribution in [0, 0.1) is 10.2 Å². The molecule has 7 nitrogen and oxygen atoms in total. The van der Waals surface area contributed by atoms with Crippen LogP contribution in [0.2, 0.25) is 0 Å². The molecular weight excluding hydrogens is 557 g/mol. The van der Waals surface area contributed by atoms with Crippen molar-refractivity contribution in [2.75, 3.05) is 7.11 Å². The molecule has 10 heteroatoms. The van der Waals surface area contributed by atoms with Crippen molar-refractivity contribution < 1.29 is 37.8 Å². The number of halogens is 1. The number of benzene rings is 4. The van der Waals surface area contributed by atoms with Gasteiger partial charge < -0.3 is 0 Å². The molecule has 1 heterocycles. The number of carbonyl (C=O) groups is 1. The van der Waals surface area contributed by atoms with Gasteiger partial charge in [-0.1, -0.05) is 0 Å². The zero-order chi connectivity index (χ0) is 27.5. The number of aromatic nitrogens is 1. The normalized spacial score (nSPS) is 12.9. The number of esters is 1. The zero-order valence-electron chi connectivity index (χ0n) is 20.7. The second-order valence-electron chi connectivity index (χ2n) is 8.52. The summed E-state index contributed by atoms with van der Waals surface area (Å²) in [5.74, 6) is -0.788. The predicted molar refractivity (Wildman–Crippen MR) is 145 cm³/mol. The summed E-state index contributed by atoms with van der Waals surface area (Å²) >= 11 is 1.10. The van der Waals surface area contributed by atoms with Gasteiger partial charge in [-0.05, 0) is 0 Å². The van der Waals surface area contributed by atoms with Gasteiger partial charge in [-0.3, -0.25) is 0 Å². The summed E-state index contributed by atoms with van der Waals surface area (Å²) in [6.45, 7) is -5.02. The molecular formula is C29H23ClNO6PS. The molecule has 198 valence electrons. The van der Waals surface area contributed by atoms with Gasteiger partial charge in [0.2, 0.25) is 0 Å². The van der Waals surface area contributed by atoms with Crippen LogP contribution in [0.25, 0.3) is 10.6 Å². The first-order valence-corrected chi connectivity index (χ1v) is 16.0. The molecule has 0 amide bonds. The van der Waals surface area contributed by atoms with E-state index >= 15 is 0 Å². The predicted octanol–water partition coefficient (Wildman–Crippen LogP) is 1.58. The summed E-state index contributed by atoms with van der Waals surface area (Å²) < 4.78 is 50.0. The van der Waals surface area contributed by atoms with Gasteiger partial charge in [-0.25, -0.2) is 0 Å². The first kappa shape index (κ1) is 27.1. The molecule has 0 fully saturated rings. The molecule has 0 atom stereocenters. The van der Waals surface area contributed by atoms with Gasteiger partial charge in [0, 0.05) is 0 Å². The van der Waals surface area contributed by atoms with Crippen molar-refractivity contribution in [3.8, 4) is 10.6 Å². The summed E-state index contributed by atoms with van der Waals surface area (Å²) in [4.78, 5) is 18.1. The van der Waals surface area contributed by atoms with Crippen LogP contribution in [0.15, 0.2) is 121 Å². The quantitative estimate of drug-likeness (QED) is 0.202. The van der Waals surface area contributed by atoms with E-state index in [0.717, 1.165) is 11.3 Å². The van der Waals surface area contributed by atoms with Crippen molar-refractivity contribution in [1.29, 1.82) is 0 Å². The molecule has 0 spiro atoms. The monoisotopic (exact) mass is 579 g/mol. The average Bonchev–Trinajstić information content (AvgIpc) is 3.44. The first-order valence-electron chi connectivity index (χ1n) is 11.8. The summed E-state index contributed by atoms with van der Waals surface area (Å²) in [6.07, 6.45) is 0. The SMILES string of the molecule is COC(=O)c1nc(-c2ccccc2)sc1P(O[Cl+3]([O-])([O-])[O-])(c1ccccc1)(c1ccccc1)c1ccccc1. The van der Waals surface area contributed by atoms with Crippen LogP contribution >= 0.6 is 18.2 Å². The zero-order valence-corrected chi connectivity index (χ0v) is 23.1. The Kier molecular flexibility index (Phi) is 7.37. The fourth-order valence-electron chi connectivity index (χ4n) is 4.79.